The fourth-order valence-corrected chi connectivity index (χ4v) is 7.51. The molecule has 0 aromatic heterocycles. The maximum atomic E-state index is 14.3. The number of guanidine groups is 1. The SMILES string of the molecule is CCC(C)C(C(CC(=O)N1CCC[C@H]1C(OC)C(C)C(=O)NC(Cc1ccccc1)C(=O)NC(C)CO)OC)N(C)C(=O)C(N=C(N(C)C)N(C)C)C(C)C. The van der Waals surface area contributed by atoms with Crippen LogP contribution in [0.15, 0.2) is 35.3 Å². The summed E-state index contributed by atoms with van der Waals surface area (Å²) in [6.45, 7) is 11.8. The van der Waals surface area contributed by atoms with Crippen LogP contribution in [0.3, 0.4) is 0 Å². The third kappa shape index (κ3) is 13.2. The van der Waals surface area contributed by atoms with Gasteiger partial charge in [-0.1, -0.05) is 71.4 Å². The van der Waals surface area contributed by atoms with E-state index < -0.39 is 48.2 Å². The van der Waals surface area contributed by atoms with Gasteiger partial charge in [0.05, 0.1) is 43.2 Å². The first-order valence-corrected chi connectivity index (χ1v) is 19.7. The second kappa shape index (κ2) is 22.7. The number of aliphatic hydroxyl groups excluding tert-OH is 1. The van der Waals surface area contributed by atoms with Gasteiger partial charge in [-0.3, -0.25) is 19.2 Å². The quantitative estimate of drug-likeness (QED) is 0.134. The van der Waals surface area contributed by atoms with Gasteiger partial charge in [0.25, 0.3) is 0 Å². The zero-order valence-electron chi connectivity index (χ0n) is 35.7. The van der Waals surface area contributed by atoms with Crippen LogP contribution in [-0.2, 0) is 35.1 Å². The van der Waals surface area contributed by atoms with Gasteiger partial charge < -0.3 is 44.8 Å². The van der Waals surface area contributed by atoms with Crippen molar-refractivity contribution in [2.45, 2.75) is 116 Å². The molecular weight excluding hydrogens is 702 g/mol. The molecule has 0 radical (unpaired) electrons. The zero-order chi connectivity index (χ0) is 41.6. The van der Waals surface area contributed by atoms with E-state index in [1.54, 1.807) is 37.8 Å². The molecule has 1 aromatic rings. The number of benzene rings is 1. The van der Waals surface area contributed by atoms with E-state index in [1.807, 2.05) is 82.2 Å². The van der Waals surface area contributed by atoms with Crippen molar-refractivity contribution >= 4 is 29.6 Å². The predicted octanol–water partition coefficient (Wildman–Crippen LogP) is 2.64. The fourth-order valence-electron chi connectivity index (χ4n) is 7.51. The summed E-state index contributed by atoms with van der Waals surface area (Å²) in [6.07, 6.45) is 1.19. The molecule has 1 heterocycles. The topological polar surface area (TPSA) is 156 Å². The average Bonchev–Trinajstić information content (AvgIpc) is 3.63. The Morgan fingerprint density at radius 3 is 2.05 bits per heavy atom. The molecule has 3 N–H and O–H groups in total. The standard InChI is InChI=1S/C41H71N7O7/c1-14-27(4)36(47(11)40(53)35(26(2)3)44-41(45(7)8)46(9)10)33(54-12)24-34(50)48-22-18-21-32(48)37(55-13)29(6)38(51)43-31(39(52)42-28(5)25-49)23-30-19-16-15-17-20-30/h15-17,19-20,26-29,31-33,35-37,49H,14,18,21-25H2,1-13H3,(H,42,52)(H,43,51)/t27?,28?,29?,31?,32-,33?,35?,36?,37?/m0/s1. The number of ether oxygens (including phenoxy) is 2. The van der Waals surface area contributed by atoms with Gasteiger partial charge in [-0.15, -0.1) is 0 Å². The van der Waals surface area contributed by atoms with Crippen LogP contribution >= 0.6 is 0 Å². The number of carbonyl (C=O) groups excluding carboxylic acids is 4. The van der Waals surface area contributed by atoms with E-state index in [0.717, 1.165) is 18.4 Å². The van der Waals surface area contributed by atoms with E-state index in [-0.39, 0.29) is 55.0 Å². The largest absolute Gasteiger partial charge is 0.394 e. The smallest absolute Gasteiger partial charge is 0.247 e. The molecule has 55 heavy (non-hydrogen) atoms. The molecule has 1 aliphatic rings. The van der Waals surface area contributed by atoms with Crippen LogP contribution in [0.4, 0.5) is 0 Å². The fraction of sp³-hybridized carbons (Fsp3) is 0.732. The lowest BCUT2D eigenvalue weighted by atomic mass is 9.89. The lowest BCUT2D eigenvalue weighted by Crippen LogP contribution is -2.56. The first-order valence-electron chi connectivity index (χ1n) is 19.7. The van der Waals surface area contributed by atoms with Gasteiger partial charge >= 0.3 is 0 Å². The Bertz CT molecular complexity index is 1380. The summed E-state index contributed by atoms with van der Waals surface area (Å²) in [5, 5.41) is 15.2. The predicted molar refractivity (Wildman–Crippen MR) is 216 cm³/mol. The number of aliphatic imine (C=N–C) groups is 1. The number of nitrogens with zero attached hydrogens (tertiary/aromatic N) is 5. The van der Waals surface area contributed by atoms with Gasteiger partial charge in [0.2, 0.25) is 23.6 Å². The van der Waals surface area contributed by atoms with Crippen LogP contribution in [-0.4, -0.2) is 159 Å². The number of likely N-dealkylation sites (tertiary alicyclic amines) is 1. The number of hydrogen-bond donors (Lipinski definition) is 3. The Labute approximate surface area is 330 Å². The molecular formula is C41H71N7O7. The minimum absolute atomic E-state index is 0.0110. The van der Waals surface area contributed by atoms with Gasteiger partial charge in [0.15, 0.2) is 5.96 Å². The Morgan fingerprint density at radius 1 is 0.927 bits per heavy atom. The molecule has 1 fully saturated rings. The highest BCUT2D eigenvalue weighted by molar-refractivity contribution is 5.89. The number of rotatable bonds is 20. The average molecular weight is 774 g/mol. The second-order valence-electron chi connectivity index (χ2n) is 15.8. The van der Waals surface area contributed by atoms with Gasteiger partial charge in [-0.25, -0.2) is 4.99 Å². The molecule has 2 rings (SSSR count). The van der Waals surface area contributed by atoms with Crippen molar-refractivity contribution in [1.82, 2.24) is 30.2 Å². The van der Waals surface area contributed by atoms with Gasteiger partial charge in [-0.2, -0.15) is 0 Å². The summed E-state index contributed by atoms with van der Waals surface area (Å²) >= 11 is 0. The number of hydrogen-bond acceptors (Lipinski definition) is 8. The molecule has 8 unspecified atom stereocenters. The van der Waals surface area contributed by atoms with E-state index in [2.05, 4.69) is 24.5 Å². The second-order valence-corrected chi connectivity index (χ2v) is 15.8. The maximum Gasteiger partial charge on any atom is 0.247 e. The summed E-state index contributed by atoms with van der Waals surface area (Å²) in [4.78, 5) is 67.8. The van der Waals surface area contributed by atoms with Crippen LogP contribution in [0.2, 0.25) is 0 Å². The lowest BCUT2D eigenvalue weighted by Gasteiger charge is -2.40. The van der Waals surface area contributed by atoms with E-state index in [0.29, 0.717) is 18.9 Å². The Kier molecular flexibility index (Phi) is 19.6. The zero-order valence-corrected chi connectivity index (χ0v) is 35.7. The van der Waals surface area contributed by atoms with Crippen molar-refractivity contribution in [2.75, 3.05) is 62.6 Å². The van der Waals surface area contributed by atoms with Crippen molar-refractivity contribution < 1.29 is 33.8 Å². The third-order valence-electron chi connectivity index (χ3n) is 10.8. The molecule has 9 atom stereocenters. The summed E-state index contributed by atoms with van der Waals surface area (Å²) in [5.74, 6) is -1.14. The molecule has 0 bridgehead atoms. The third-order valence-corrected chi connectivity index (χ3v) is 10.8. The molecule has 0 aliphatic carbocycles. The van der Waals surface area contributed by atoms with Crippen molar-refractivity contribution in [1.29, 1.82) is 0 Å². The molecule has 1 saturated heterocycles. The molecule has 4 amide bonds. The summed E-state index contributed by atoms with van der Waals surface area (Å²) in [7, 11) is 12.5. The Hall–Kier alpha value is -3.75. The van der Waals surface area contributed by atoms with Gasteiger partial charge in [-0.05, 0) is 37.2 Å². The van der Waals surface area contributed by atoms with E-state index in [9.17, 15) is 24.3 Å². The molecule has 14 heteroatoms. The number of aliphatic hydroxyl groups is 1. The van der Waals surface area contributed by atoms with Crippen LogP contribution < -0.4 is 10.6 Å². The number of methoxy groups -OCH3 is 2. The van der Waals surface area contributed by atoms with Crippen LogP contribution in [0, 0.1) is 17.8 Å². The van der Waals surface area contributed by atoms with Crippen molar-refractivity contribution in [3.8, 4) is 0 Å². The minimum Gasteiger partial charge on any atom is -0.394 e. The highest BCUT2D eigenvalue weighted by atomic mass is 16.5. The van der Waals surface area contributed by atoms with Crippen molar-refractivity contribution in [2.24, 2.45) is 22.7 Å². The van der Waals surface area contributed by atoms with E-state index in [4.69, 9.17) is 14.5 Å². The first-order chi connectivity index (χ1) is 25.9. The summed E-state index contributed by atoms with van der Waals surface area (Å²) in [5.41, 5.74) is 0.873. The van der Waals surface area contributed by atoms with Crippen LogP contribution in [0.25, 0.3) is 0 Å². The molecule has 1 aliphatic heterocycles. The maximum absolute atomic E-state index is 14.3. The summed E-state index contributed by atoms with van der Waals surface area (Å²) in [6, 6.07) is 6.60. The molecule has 14 nitrogen and oxygen atoms in total. The molecule has 0 spiro atoms. The minimum atomic E-state index is -0.886. The highest BCUT2D eigenvalue weighted by Crippen LogP contribution is 2.30. The van der Waals surface area contributed by atoms with E-state index >= 15 is 0 Å². The van der Waals surface area contributed by atoms with E-state index in [1.165, 1.54) is 7.11 Å². The molecule has 0 saturated carbocycles. The normalized spacial score (nSPS) is 18.6. The molecule has 1 aromatic carbocycles. The monoisotopic (exact) mass is 774 g/mol. The van der Waals surface area contributed by atoms with Gasteiger partial charge in [0, 0.05) is 68.5 Å². The highest BCUT2D eigenvalue weighted by Gasteiger charge is 2.43. The number of carbonyl (C=O) groups is 4. The number of nitrogens with one attached hydrogen (secondary N) is 2. The number of likely N-dealkylation sites (N-methyl/N-ethyl adjacent to an activating group) is 1. The number of amides is 4. The van der Waals surface area contributed by atoms with Crippen molar-refractivity contribution in [3.63, 3.8) is 0 Å². The Balaban J connectivity index is 2.33. The van der Waals surface area contributed by atoms with Gasteiger partial charge in [0.1, 0.15) is 12.1 Å². The Morgan fingerprint density at radius 2 is 1.55 bits per heavy atom. The van der Waals surface area contributed by atoms with Crippen molar-refractivity contribution in [3.05, 3.63) is 35.9 Å². The first kappa shape index (κ1) is 47.4. The lowest BCUT2D eigenvalue weighted by molar-refractivity contribution is -0.146. The molecule has 312 valence electrons. The van der Waals surface area contributed by atoms with Crippen LogP contribution in [0.5, 0.6) is 0 Å². The summed E-state index contributed by atoms with van der Waals surface area (Å²) < 4.78 is 12.0. The van der Waals surface area contributed by atoms with Crippen LogP contribution in [0.1, 0.15) is 72.8 Å².